The van der Waals surface area contributed by atoms with E-state index < -0.39 is 13.6 Å². The molecule has 0 bridgehead atoms. The first-order chi connectivity index (χ1) is 15.9. The fraction of sp³-hybridized carbons (Fsp3) is 0.467. The van der Waals surface area contributed by atoms with Crippen LogP contribution in [0.15, 0.2) is 54.6 Å². The summed E-state index contributed by atoms with van der Waals surface area (Å²) in [6.45, 7) is 6.76. The molecule has 0 fully saturated rings. The van der Waals surface area contributed by atoms with E-state index in [4.69, 9.17) is 11.1 Å². The predicted octanol–water partition coefficient (Wildman–Crippen LogP) is 11.0. The van der Waals surface area contributed by atoms with E-state index >= 15 is 0 Å². The molecule has 0 aliphatic heterocycles. The van der Waals surface area contributed by atoms with Crippen molar-refractivity contribution in [3.05, 3.63) is 65.7 Å². The van der Waals surface area contributed by atoms with Gasteiger partial charge in [-0.2, -0.15) is 11.1 Å². The number of halogens is 2. The van der Waals surface area contributed by atoms with Crippen molar-refractivity contribution in [1.82, 2.24) is 0 Å². The van der Waals surface area contributed by atoms with Crippen LogP contribution in [0.5, 0.6) is 0 Å². The molecule has 0 radical (unpaired) electrons. The van der Waals surface area contributed by atoms with Crippen molar-refractivity contribution < 1.29 is 4.39 Å². The van der Waals surface area contributed by atoms with E-state index in [1.807, 2.05) is 18.2 Å². The molecule has 0 saturated heterocycles. The van der Waals surface area contributed by atoms with Crippen LogP contribution in [0, 0.1) is 0 Å². The molecular weight excluding hydrogens is 443 g/mol. The molecule has 178 valence electrons. The summed E-state index contributed by atoms with van der Waals surface area (Å²) in [5.74, 6) is 0. The highest BCUT2D eigenvalue weighted by molar-refractivity contribution is 7.19. The third-order valence-electron chi connectivity index (χ3n) is 6.59. The fourth-order valence-electron chi connectivity index (χ4n) is 4.70. The number of alkyl halides is 1. The van der Waals surface area contributed by atoms with Crippen molar-refractivity contribution in [1.29, 1.82) is 0 Å². The lowest BCUT2D eigenvalue weighted by Gasteiger charge is -2.17. The molecule has 0 amide bonds. The molecular formula is C30H40ClFSi. The van der Waals surface area contributed by atoms with Crippen molar-refractivity contribution in [2.75, 3.05) is 0 Å². The van der Waals surface area contributed by atoms with Gasteiger partial charge in [-0.25, -0.2) is 4.39 Å². The summed E-state index contributed by atoms with van der Waals surface area (Å²) in [4.78, 5) is 0. The van der Waals surface area contributed by atoms with Gasteiger partial charge in [-0.1, -0.05) is 132 Å². The first-order valence-corrected chi connectivity index (χ1v) is 17.1. The molecule has 0 aromatic heterocycles. The van der Waals surface area contributed by atoms with Crippen molar-refractivity contribution in [3.63, 3.8) is 0 Å². The van der Waals surface area contributed by atoms with Gasteiger partial charge in [0.1, 0.15) is 13.6 Å². The Balaban J connectivity index is 0.000000197. The second-order valence-corrected chi connectivity index (χ2v) is 17.0. The van der Waals surface area contributed by atoms with Crippen LogP contribution in [0.2, 0.25) is 19.1 Å². The largest absolute Gasteiger partial charge is 0.242 e. The first-order valence-electron chi connectivity index (χ1n) is 12.8. The van der Waals surface area contributed by atoms with Crippen LogP contribution >= 0.6 is 11.1 Å². The van der Waals surface area contributed by atoms with E-state index in [1.54, 1.807) is 0 Å². The molecule has 3 aromatic carbocycles. The van der Waals surface area contributed by atoms with E-state index in [-0.39, 0.29) is 0 Å². The topological polar surface area (TPSA) is 0 Å². The molecule has 0 saturated carbocycles. The zero-order valence-electron chi connectivity index (χ0n) is 20.7. The fourth-order valence-corrected chi connectivity index (χ4v) is 6.19. The molecule has 0 N–H and O–H groups in total. The van der Waals surface area contributed by atoms with Gasteiger partial charge in [0, 0.05) is 6.42 Å². The minimum absolute atomic E-state index is 0.492. The monoisotopic (exact) mass is 482 g/mol. The molecule has 4 rings (SSSR count). The maximum atomic E-state index is 14.0. The summed E-state index contributed by atoms with van der Waals surface area (Å²) in [6, 6.07) is 17.9. The molecule has 1 unspecified atom stereocenters. The number of hydrogen-bond acceptors (Lipinski definition) is 0. The van der Waals surface area contributed by atoms with Crippen LogP contribution in [0.3, 0.4) is 0 Å². The molecule has 1 aliphatic carbocycles. The predicted molar refractivity (Wildman–Crippen MR) is 150 cm³/mol. The third-order valence-corrected chi connectivity index (χ3v) is 8.70. The van der Waals surface area contributed by atoms with Crippen LogP contribution in [0.25, 0.3) is 27.6 Å². The molecule has 33 heavy (non-hydrogen) atoms. The van der Waals surface area contributed by atoms with E-state index in [1.165, 1.54) is 73.6 Å². The quantitative estimate of drug-likeness (QED) is 0.123. The normalized spacial score (nSPS) is 15.4. The zero-order chi connectivity index (χ0) is 23.7. The summed E-state index contributed by atoms with van der Waals surface area (Å²) < 4.78 is 14.0. The maximum Gasteiger partial charge on any atom is 0.150 e. The molecule has 0 spiro atoms. The Labute approximate surface area is 205 Å². The maximum absolute atomic E-state index is 14.0. The minimum atomic E-state index is -1.27. The van der Waals surface area contributed by atoms with Crippen molar-refractivity contribution in [2.45, 2.75) is 90.0 Å². The van der Waals surface area contributed by atoms with Gasteiger partial charge in [-0.05, 0) is 38.7 Å². The average molecular weight is 483 g/mol. The Hall–Kier alpha value is -1.64. The van der Waals surface area contributed by atoms with Gasteiger partial charge in [0.05, 0.1) is 0 Å². The number of benzene rings is 3. The van der Waals surface area contributed by atoms with Crippen molar-refractivity contribution in [2.24, 2.45) is 0 Å². The third kappa shape index (κ3) is 7.69. The van der Waals surface area contributed by atoms with Crippen molar-refractivity contribution in [3.8, 4) is 0 Å². The highest BCUT2D eigenvalue weighted by Crippen LogP contribution is 2.37. The standard InChI is InChI=1S/C18H13F.C12H27ClSi/c19-18-7-3-6-14-16-9-8-12-4-1-2-5-13(12)15(16)10-11-17(14)18;1-4-5-6-7-8-9-10-11-12-14(2,3)13/h1-6,8-11,18H,7H2;4-12H2,1-3H3. The molecule has 3 heteroatoms. The van der Waals surface area contributed by atoms with Gasteiger partial charge in [0.2, 0.25) is 0 Å². The second kappa shape index (κ2) is 12.7. The lowest BCUT2D eigenvalue weighted by molar-refractivity contribution is 0.345. The SMILES string of the molecule is CCCCCCCCCC[Si](C)(C)Cl.FC1CC=Cc2c1ccc1c2ccc2ccccc21. The summed E-state index contributed by atoms with van der Waals surface area (Å²) in [5, 5.41) is 4.81. The summed E-state index contributed by atoms with van der Waals surface area (Å²) in [5.41, 5.74) is 1.87. The van der Waals surface area contributed by atoms with Crippen LogP contribution in [0.1, 0.15) is 82.0 Å². The molecule has 1 atom stereocenters. The summed E-state index contributed by atoms with van der Waals surface area (Å²) in [6.07, 6.45) is 14.9. The Morgan fingerprint density at radius 1 is 0.818 bits per heavy atom. The van der Waals surface area contributed by atoms with E-state index in [2.05, 4.69) is 62.5 Å². The Morgan fingerprint density at radius 2 is 1.48 bits per heavy atom. The number of unbranched alkanes of at least 4 members (excludes halogenated alkanes) is 7. The molecule has 0 nitrogen and oxygen atoms in total. The average Bonchev–Trinajstić information content (AvgIpc) is 2.80. The molecule has 0 heterocycles. The van der Waals surface area contributed by atoms with Gasteiger partial charge in [-0.15, -0.1) is 0 Å². The lowest BCUT2D eigenvalue weighted by atomic mass is 9.89. The number of rotatable bonds is 9. The minimum Gasteiger partial charge on any atom is -0.242 e. The van der Waals surface area contributed by atoms with E-state index in [0.29, 0.717) is 6.42 Å². The van der Waals surface area contributed by atoms with Gasteiger partial charge in [0.25, 0.3) is 0 Å². The van der Waals surface area contributed by atoms with Crippen molar-refractivity contribution >= 4 is 46.1 Å². The van der Waals surface area contributed by atoms with Gasteiger partial charge < -0.3 is 0 Å². The second-order valence-electron chi connectivity index (χ2n) is 10.00. The van der Waals surface area contributed by atoms with E-state index in [9.17, 15) is 4.39 Å². The van der Waals surface area contributed by atoms with Crippen LogP contribution in [-0.4, -0.2) is 7.38 Å². The lowest BCUT2D eigenvalue weighted by Crippen LogP contribution is -2.14. The number of allylic oxidation sites excluding steroid dienone is 1. The van der Waals surface area contributed by atoms with Gasteiger partial charge >= 0.3 is 0 Å². The van der Waals surface area contributed by atoms with Gasteiger partial charge in [0.15, 0.2) is 0 Å². The highest BCUT2D eigenvalue weighted by Gasteiger charge is 2.18. The number of fused-ring (bicyclic) bond motifs is 5. The highest BCUT2D eigenvalue weighted by atomic mass is 35.6. The molecule has 3 aromatic rings. The Morgan fingerprint density at radius 3 is 2.21 bits per heavy atom. The smallest absolute Gasteiger partial charge is 0.150 e. The summed E-state index contributed by atoms with van der Waals surface area (Å²) >= 11 is 6.25. The Kier molecular flexibility index (Phi) is 10.0. The first kappa shape index (κ1) is 26.0. The van der Waals surface area contributed by atoms with Crippen LogP contribution < -0.4 is 0 Å². The number of hydrogen-bond donors (Lipinski definition) is 0. The van der Waals surface area contributed by atoms with Gasteiger partial charge in [-0.3, -0.25) is 0 Å². The van der Waals surface area contributed by atoms with Crippen LogP contribution in [0.4, 0.5) is 4.39 Å². The van der Waals surface area contributed by atoms with E-state index in [0.717, 1.165) is 16.5 Å². The van der Waals surface area contributed by atoms with Crippen LogP contribution in [-0.2, 0) is 0 Å². The summed E-state index contributed by atoms with van der Waals surface area (Å²) in [7, 11) is -1.27. The zero-order valence-corrected chi connectivity index (χ0v) is 22.4. The Bertz CT molecular complexity index is 1050. The molecule has 1 aliphatic rings.